The van der Waals surface area contributed by atoms with Gasteiger partial charge in [0.1, 0.15) is 0 Å². The van der Waals surface area contributed by atoms with Crippen LogP contribution in [0.3, 0.4) is 0 Å². The molecule has 7 heteroatoms. The second kappa shape index (κ2) is 6.17. The highest BCUT2D eigenvalue weighted by Crippen LogP contribution is 2.05. The second-order valence-electron chi connectivity index (χ2n) is 3.91. The SMILES string of the molecule is O=C(O)CCS(=O)(=O)NCCN1CCCC1. The third-order valence-electron chi connectivity index (χ3n) is 2.53. The van der Waals surface area contributed by atoms with E-state index in [2.05, 4.69) is 9.62 Å². The van der Waals surface area contributed by atoms with E-state index in [1.165, 1.54) is 12.8 Å². The summed E-state index contributed by atoms with van der Waals surface area (Å²) in [5, 5.41) is 8.37. The average molecular weight is 250 g/mol. The van der Waals surface area contributed by atoms with E-state index in [9.17, 15) is 13.2 Å². The first-order chi connectivity index (χ1) is 7.49. The molecule has 1 rings (SSSR count). The van der Waals surface area contributed by atoms with Gasteiger partial charge < -0.3 is 10.0 Å². The van der Waals surface area contributed by atoms with Crippen LogP contribution >= 0.6 is 0 Å². The molecule has 2 N–H and O–H groups in total. The maximum atomic E-state index is 11.3. The van der Waals surface area contributed by atoms with Crippen LogP contribution in [-0.4, -0.2) is 56.3 Å². The van der Waals surface area contributed by atoms with Gasteiger partial charge in [-0.2, -0.15) is 0 Å². The smallest absolute Gasteiger partial charge is 0.304 e. The Morgan fingerprint density at radius 1 is 1.31 bits per heavy atom. The van der Waals surface area contributed by atoms with Crippen molar-refractivity contribution in [1.82, 2.24) is 9.62 Å². The lowest BCUT2D eigenvalue weighted by Gasteiger charge is -2.14. The van der Waals surface area contributed by atoms with Gasteiger partial charge in [-0.1, -0.05) is 0 Å². The minimum Gasteiger partial charge on any atom is -0.481 e. The van der Waals surface area contributed by atoms with Gasteiger partial charge in [-0.3, -0.25) is 4.79 Å². The van der Waals surface area contributed by atoms with Gasteiger partial charge in [-0.05, 0) is 25.9 Å². The van der Waals surface area contributed by atoms with Gasteiger partial charge >= 0.3 is 5.97 Å². The van der Waals surface area contributed by atoms with Crippen LogP contribution in [0.5, 0.6) is 0 Å². The van der Waals surface area contributed by atoms with E-state index in [1.54, 1.807) is 0 Å². The Hall–Kier alpha value is -0.660. The monoisotopic (exact) mass is 250 g/mol. The quantitative estimate of drug-likeness (QED) is 0.634. The molecule has 6 nitrogen and oxygen atoms in total. The standard InChI is InChI=1S/C9H18N2O4S/c12-9(13)3-8-16(14,15)10-4-7-11-5-1-2-6-11/h10H,1-8H2,(H,12,13). The van der Waals surface area contributed by atoms with Gasteiger partial charge in [-0.15, -0.1) is 0 Å². The maximum Gasteiger partial charge on any atom is 0.304 e. The Balaban J connectivity index is 2.17. The number of nitrogens with one attached hydrogen (secondary N) is 1. The predicted molar refractivity (Wildman–Crippen MR) is 59.7 cm³/mol. The van der Waals surface area contributed by atoms with Crippen molar-refractivity contribution in [3.8, 4) is 0 Å². The van der Waals surface area contributed by atoms with E-state index < -0.39 is 16.0 Å². The van der Waals surface area contributed by atoms with Crippen LogP contribution in [-0.2, 0) is 14.8 Å². The first-order valence-electron chi connectivity index (χ1n) is 5.41. The van der Waals surface area contributed by atoms with Crippen LogP contribution in [0.4, 0.5) is 0 Å². The van der Waals surface area contributed by atoms with Crippen molar-refractivity contribution in [1.29, 1.82) is 0 Å². The zero-order chi connectivity index (χ0) is 12.0. The Morgan fingerprint density at radius 3 is 2.50 bits per heavy atom. The lowest BCUT2D eigenvalue weighted by molar-refractivity contribution is -0.136. The molecule has 1 aliphatic rings. The first kappa shape index (κ1) is 13.4. The number of carbonyl (C=O) groups is 1. The van der Waals surface area contributed by atoms with Crippen LogP contribution in [0.25, 0.3) is 0 Å². The van der Waals surface area contributed by atoms with Gasteiger partial charge in [0.05, 0.1) is 12.2 Å². The molecular formula is C9H18N2O4S. The zero-order valence-corrected chi connectivity index (χ0v) is 10.0. The average Bonchev–Trinajstić information content (AvgIpc) is 2.68. The molecule has 1 fully saturated rings. The molecular weight excluding hydrogens is 232 g/mol. The minimum atomic E-state index is -3.43. The summed E-state index contributed by atoms with van der Waals surface area (Å²) < 4.78 is 25.0. The molecule has 0 aliphatic carbocycles. The lowest BCUT2D eigenvalue weighted by atomic mass is 10.4. The van der Waals surface area contributed by atoms with Crippen molar-refractivity contribution >= 4 is 16.0 Å². The summed E-state index contributed by atoms with van der Waals surface area (Å²) in [4.78, 5) is 12.4. The van der Waals surface area contributed by atoms with Crippen molar-refractivity contribution in [3.05, 3.63) is 0 Å². The third kappa shape index (κ3) is 5.43. The number of likely N-dealkylation sites (tertiary alicyclic amines) is 1. The Bertz CT molecular complexity index is 322. The van der Waals surface area contributed by atoms with E-state index in [-0.39, 0.29) is 12.2 Å². The highest BCUT2D eigenvalue weighted by atomic mass is 32.2. The van der Waals surface area contributed by atoms with Crippen molar-refractivity contribution in [2.24, 2.45) is 0 Å². The van der Waals surface area contributed by atoms with E-state index >= 15 is 0 Å². The van der Waals surface area contributed by atoms with E-state index in [0.29, 0.717) is 13.1 Å². The summed E-state index contributed by atoms with van der Waals surface area (Å²) >= 11 is 0. The highest BCUT2D eigenvalue weighted by molar-refractivity contribution is 7.89. The van der Waals surface area contributed by atoms with Crippen LogP contribution in [0.15, 0.2) is 0 Å². The number of carboxylic acids is 1. The van der Waals surface area contributed by atoms with Gasteiger partial charge in [0.2, 0.25) is 10.0 Å². The third-order valence-corrected chi connectivity index (χ3v) is 3.92. The summed E-state index contributed by atoms with van der Waals surface area (Å²) in [6.07, 6.45) is 2.00. The molecule has 16 heavy (non-hydrogen) atoms. The number of sulfonamides is 1. The van der Waals surface area contributed by atoms with E-state index in [0.717, 1.165) is 13.1 Å². The zero-order valence-electron chi connectivity index (χ0n) is 9.18. The Kier molecular flexibility index (Phi) is 5.17. The van der Waals surface area contributed by atoms with Crippen LogP contribution in [0, 0.1) is 0 Å². The fraction of sp³-hybridized carbons (Fsp3) is 0.889. The molecule has 0 atom stereocenters. The second-order valence-corrected chi connectivity index (χ2v) is 5.83. The molecule has 1 heterocycles. The van der Waals surface area contributed by atoms with Crippen molar-refractivity contribution < 1.29 is 18.3 Å². The lowest BCUT2D eigenvalue weighted by Crippen LogP contribution is -2.35. The van der Waals surface area contributed by atoms with E-state index in [1.807, 2.05) is 0 Å². The molecule has 1 saturated heterocycles. The molecule has 0 aromatic carbocycles. The summed E-state index contributed by atoms with van der Waals surface area (Å²) in [6.45, 7) is 3.11. The molecule has 0 bridgehead atoms. The molecule has 0 saturated carbocycles. The topological polar surface area (TPSA) is 86.7 Å². The van der Waals surface area contributed by atoms with Gasteiger partial charge in [0.25, 0.3) is 0 Å². The Labute approximate surface area is 95.7 Å². The number of aliphatic carboxylic acids is 1. The molecule has 0 amide bonds. The molecule has 1 aliphatic heterocycles. The molecule has 0 aromatic rings. The molecule has 0 radical (unpaired) electrons. The molecule has 94 valence electrons. The van der Waals surface area contributed by atoms with Gasteiger partial charge in [0, 0.05) is 13.1 Å². The summed E-state index contributed by atoms with van der Waals surface area (Å²) in [7, 11) is -3.43. The van der Waals surface area contributed by atoms with Crippen molar-refractivity contribution in [3.63, 3.8) is 0 Å². The van der Waals surface area contributed by atoms with Gasteiger partial charge in [0.15, 0.2) is 0 Å². The number of hydrogen-bond donors (Lipinski definition) is 2. The Morgan fingerprint density at radius 2 is 1.94 bits per heavy atom. The number of nitrogens with zero attached hydrogens (tertiary/aromatic N) is 1. The minimum absolute atomic E-state index is 0.345. The first-order valence-corrected chi connectivity index (χ1v) is 7.06. The fourth-order valence-electron chi connectivity index (χ4n) is 1.66. The molecule has 0 unspecified atom stereocenters. The highest BCUT2D eigenvalue weighted by Gasteiger charge is 2.14. The number of rotatable bonds is 7. The fourth-order valence-corrected chi connectivity index (χ4v) is 2.65. The van der Waals surface area contributed by atoms with Crippen LogP contribution in [0.1, 0.15) is 19.3 Å². The normalized spacial score (nSPS) is 17.8. The number of carboxylic acid groups (broad SMARTS) is 1. The predicted octanol–water partition coefficient (Wildman–Crippen LogP) is -0.524. The number of hydrogen-bond acceptors (Lipinski definition) is 4. The maximum absolute atomic E-state index is 11.3. The molecule has 0 spiro atoms. The van der Waals surface area contributed by atoms with Gasteiger partial charge in [-0.25, -0.2) is 13.1 Å². The summed E-state index contributed by atoms with van der Waals surface area (Å²) in [6, 6.07) is 0. The van der Waals surface area contributed by atoms with Crippen molar-refractivity contribution in [2.45, 2.75) is 19.3 Å². The van der Waals surface area contributed by atoms with Crippen LogP contribution in [0.2, 0.25) is 0 Å². The summed E-state index contributed by atoms with van der Waals surface area (Å²) in [5.41, 5.74) is 0. The van der Waals surface area contributed by atoms with Crippen LogP contribution < -0.4 is 4.72 Å². The van der Waals surface area contributed by atoms with E-state index in [4.69, 9.17) is 5.11 Å². The summed E-state index contributed by atoms with van der Waals surface area (Å²) in [5.74, 6) is -1.44. The van der Waals surface area contributed by atoms with Crippen molar-refractivity contribution in [2.75, 3.05) is 31.9 Å². The molecule has 0 aromatic heterocycles. The largest absolute Gasteiger partial charge is 0.481 e.